The third-order valence-electron chi connectivity index (χ3n) is 4.41. The third-order valence-corrected chi connectivity index (χ3v) is 5.41. The summed E-state index contributed by atoms with van der Waals surface area (Å²) in [5.74, 6) is 0.00508. The van der Waals surface area contributed by atoms with Crippen molar-refractivity contribution in [3.63, 3.8) is 0 Å². The maximum absolute atomic E-state index is 12.2. The number of nitrogens with zero attached hydrogens (tertiary/aromatic N) is 1. The van der Waals surface area contributed by atoms with Gasteiger partial charge in [-0.3, -0.25) is 4.79 Å². The molecule has 0 radical (unpaired) electrons. The average Bonchev–Trinajstić information content (AvgIpc) is 3.12. The lowest BCUT2D eigenvalue weighted by molar-refractivity contribution is 0.0954. The zero-order chi connectivity index (χ0) is 16.8. The Kier molecular flexibility index (Phi) is 5.81. The van der Waals surface area contributed by atoms with Gasteiger partial charge in [-0.25, -0.2) is 4.98 Å². The Bertz CT molecular complexity index is 715. The van der Waals surface area contributed by atoms with Gasteiger partial charge in [-0.05, 0) is 50.7 Å². The molecule has 1 aliphatic carbocycles. The van der Waals surface area contributed by atoms with E-state index in [0.717, 1.165) is 35.7 Å². The summed E-state index contributed by atoms with van der Waals surface area (Å²) in [7, 11) is 0. The van der Waals surface area contributed by atoms with Crippen LogP contribution in [0.3, 0.4) is 0 Å². The van der Waals surface area contributed by atoms with E-state index in [9.17, 15) is 4.79 Å². The van der Waals surface area contributed by atoms with Crippen molar-refractivity contribution in [2.45, 2.75) is 45.4 Å². The molecule has 1 aromatic carbocycles. The molecule has 0 fully saturated rings. The molecule has 0 bridgehead atoms. The minimum atomic E-state index is 0.00508. The highest BCUT2D eigenvalue weighted by atomic mass is 32.1. The van der Waals surface area contributed by atoms with Gasteiger partial charge < -0.3 is 5.32 Å². The fourth-order valence-corrected chi connectivity index (χ4v) is 3.72. The summed E-state index contributed by atoms with van der Waals surface area (Å²) in [6.07, 6.45) is 9.25. The van der Waals surface area contributed by atoms with Crippen molar-refractivity contribution in [3.8, 4) is 11.3 Å². The number of allylic oxidation sites excluding steroid dienone is 1. The Labute approximate surface area is 147 Å². The summed E-state index contributed by atoms with van der Waals surface area (Å²) in [6, 6.07) is 7.73. The largest absolute Gasteiger partial charge is 0.352 e. The summed E-state index contributed by atoms with van der Waals surface area (Å²) in [4.78, 5) is 16.8. The molecule has 0 atom stereocenters. The topological polar surface area (TPSA) is 42.0 Å². The van der Waals surface area contributed by atoms with Crippen molar-refractivity contribution in [1.29, 1.82) is 0 Å². The van der Waals surface area contributed by atoms with Gasteiger partial charge in [0.15, 0.2) is 0 Å². The number of hydrogen-bond donors (Lipinski definition) is 1. The lowest BCUT2D eigenvalue weighted by Crippen LogP contribution is -2.24. The minimum absolute atomic E-state index is 0.00508. The van der Waals surface area contributed by atoms with Crippen LogP contribution in [-0.2, 0) is 6.42 Å². The van der Waals surface area contributed by atoms with Crippen molar-refractivity contribution >= 4 is 17.2 Å². The van der Waals surface area contributed by atoms with Crippen molar-refractivity contribution < 1.29 is 4.79 Å². The first-order chi connectivity index (χ1) is 11.8. The third kappa shape index (κ3) is 4.32. The number of carbonyl (C=O) groups is 1. The summed E-state index contributed by atoms with van der Waals surface area (Å²) in [5, 5.41) is 6.24. The van der Waals surface area contributed by atoms with Gasteiger partial charge in [0.05, 0.1) is 10.7 Å². The molecule has 24 heavy (non-hydrogen) atoms. The van der Waals surface area contributed by atoms with Crippen LogP contribution in [0.1, 0.15) is 54.4 Å². The molecule has 2 aromatic rings. The lowest BCUT2D eigenvalue weighted by Gasteiger charge is -2.13. The summed E-state index contributed by atoms with van der Waals surface area (Å²) < 4.78 is 0. The predicted octanol–water partition coefficient (Wildman–Crippen LogP) is 4.99. The summed E-state index contributed by atoms with van der Waals surface area (Å²) in [6.45, 7) is 2.83. The highest BCUT2D eigenvalue weighted by Crippen LogP contribution is 2.23. The van der Waals surface area contributed by atoms with E-state index >= 15 is 0 Å². The quantitative estimate of drug-likeness (QED) is 0.753. The molecule has 4 heteroatoms. The first-order valence-corrected chi connectivity index (χ1v) is 9.65. The van der Waals surface area contributed by atoms with Crippen LogP contribution in [0, 0.1) is 0 Å². The summed E-state index contributed by atoms with van der Waals surface area (Å²) >= 11 is 1.68. The van der Waals surface area contributed by atoms with Crippen LogP contribution in [0.2, 0.25) is 0 Å². The Hall–Kier alpha value is -1.94. The van der Waals surface area contributed by atoms with Gasteiger partial charge in [0, 0.05) is 23.1 Å². The highest BCUT2D eigenvalue weighted by molar-refractivity contribution is 7.09. The molecule has 1 amide bonds. The molecule has 1 aliphatic rings. The zero-order valence-electron chi connectivity index (χ0n) is 14.2. The maximum atomic E-state index is 12.2. The first kappa shape index (κ1) is 16.9. The van der Waals surface area contributed by atoms with Gasteiger partial charge in [-0.1, -0.05) is 30.7 Å². The van der Waals surface area contributed by atoms with Crippen LogP contribution in [0.5, 0.6) is 0 Å². The Morgan fingerprint density at radius 1 is 1.25 bits per heavy atom. The van der Waals surface area contributed by atoms with Crippen molar-refractivity contribution in [3.05, 3.63) is 51.9 Å². The average molecular weight is 340 g/mol. The smallest absolute Gasteiger partial charge is 0.251 e. The second-order valence-electron chi connectivity index (χ2n) is 6.17. The number of thiazole rings is 1. The van der Waals surface area contributed by atoms with Crippen molar-refractivity contribution in [1.82, 2.24) is 10.3 Å². The SMILES string of the molecule is CCc1nc(-c2ccc(C(=O)NCCC3=CCCCC3)cc2)cs1. The second kappa shape index (κ2) is 8.25. The van der Waals surface area contributed by atoms with E-state index in [0.29, 0.717) is 5.56 Å². The molecule has 0 unspecified atom stereocenters. The van der Waals surface area contributed by atoms with E-state index < -0.39 is 0 Å². The number of aromatic nitrogens is 1. The molecule has 0 saturated carbocycles. The second-order valence-corrected chi connectivity index (χ2v) is 7.11. The minimum Gasteiger partial charge on any atom is -0.352 e. The van der Waals surface area contributed by atoms with E-state index in [2.05, 4.69) is 28.7 Å². The molecule has 1 N–H and O–H groups in total. The molecule has 0 saturated heterocycles. The number of hydrogen-bond acceptors (Lipinski definition) is 3. The number of carbonyl (C=O) groups excluding carboxylic acids is 1. The van der Waals surface area contributed by atoms with Gasteiger partial charge in [0.1, 0.15) is 0 Å². The van der Waals surface area contributed by atoms with Crippen LogP contribution in [0.25, 0.3) is 11.3 Å². The van der Waals surface area contributed by atoms with Crippen LogP contribution in [-0.4, -0.2) is 17.4 Å². The fraction of sp³-hybridized carbons (Fsp3) is 0.400. The van der Waals surface area contributed by atoms with E-state index in [1.807, 2.05) is 24.3 Å². The Morgan fingerprint density at radius 2 is 2.08 bits per heavy atom. The number of amides is 1. The molecule has 3 nitrogen and oxygen atoms in total. The summed E-state index contributed by atoms with van der Waals surface area (Å²) in [5.41, 5.74) is 4.26. The number of aryl methyl sites for hydroxylation is 1. The molecular weight excluding hydrogens is 316 g/mol. The van der Waals surface area contributed by atoms with Crippen LogP contribution < -0.4 is 5.32 Å². The molecule has 1 aromatic heterocycles. The normalized spacial score (nSPS) is 14.3. The fourth-order valence-electron chi connectivity index (χ4n) is 2.97. The predicted molar refractivity (Wildman–Crippen MR) is 100 cm³/mol. The Morgan fingerprint density at radius 3 is 2.75 bits per heavy atom. The first-order valence-electron chi connectivity index (χ1n) is 8.77. The maximum Gasteiger partial charge on any atom is 0.251 e. The van der Waals surface area contributed by atoms with Crippen LogP contribution >= 0.6 is 11.3 Å². The molecule has 1 heterocycles. The van der Waals surface area contributed by atoms with E-state index in [1.165, 1.54) is 31.3 Å². The zero-order valence-corrected chi connectivity index (χ0v) is 15.0. The number of benzene rings is 1. The van der Waals surface area contributed by atoms with Gasteiger partial charge in [-0.2, -0.15) is 0 Å². The van der Waals surface area contributed by atoms with E-state index in [-0.39, 0.29) is 5.91 Å². The van der Waals surface area contributed by atoms with Crippen molar-refractivity contribution in [2.24, 2.45) is 0 Å². The molecule has 3 rings (SSSR count). The van der Waals surface area contributed by atoms with Gasteiger partial charge >= 0.3 is 0 Å². The van der Waals surface area contributed by atoms with Gasteiger partial charge in [-0.15, -0.1) is 11.3 Å². The number of rotatable bonds is 6. The van der Waals surface area contributed by atoms with Crippen LogP contribution in [0.4, 0.5) is 0 Å². The van der Waals surface area contributed by atoms with Gasteiger partial charge in [0.25, 0.3) is 5.91 Å². The molecule has 0 aliphatic heterocycles. The molecule has 126 valence electrons. The molecular formula is C20H24N2OS. The Balaban J connectivity index is 1.54. The van der Waals surface area contributed by atoms with E-state index in [1.54, 1.807) is 11.3 Å². The lowest BCUT2D eigenvalue weighted by atomic mass is 9.97. The van der Waals surface area contributed by atoms with Crippen molar-refractivity contribution in [2.75, 3.05) is 6.54 Å². The van der Waals surface area contributed by atoms with E-state index in [4.69, 9.17) is 0 Å². The van der Waals surface area contributed by atoms with Gasteiger partial charge in [0.2, 0.25) is 0 Å². The number of nitrogens with one attached hydrogen (secondary N) is 1. The van der Waals surface area contributed by atoms with Crippen LogP contribution in [0.15, 0.2) is 41.3 Å². The standard InChI is InChI=1S/C20H24N2OS/c1-2-19-22-18(14-24-19)16-8-10-17(11-9-16)20(23)21-13-12-15-6-4-3-5-7-15/h6,8-11,14H,2-5,7,12-13H2,1H3,(H,21,23). The highest BCUT2D eigenvalue weighted by Gasteiger charge is 2.08. The molecule has 0 spiro atoms. The monoisotopic (exact) mass is 340 g/mol.